The molecule has 3 heterocycles. The van der Waals surface area contributed by atoms with Gasteiger partial charge in [0.05, 0.1) is 22.4 Å². The number of imidazole rings is 1. The maximum atomic E-state index is 10.9. The lowest BCUT2D eigenvalue weighted by atomic mass is 10.3. The lowest BCUT2D eigenvalue weighted by Crippen LogP contribution is -1.99. The maximum absolute atomic E-state index is 10.9. The number of hydrogen-bond donors (Lipinski definition) is 1. The molecule has 0 atom stereocenters. The first-order chi connectivity index (χ1) is 9.13. The quantitative estimate of drug-likeness (QED) is 0.807. The number of aromatic carboxylic acids is 1. The van der Waals surface area contributed by atoms with Crippen molar-refractivity contribution in [3.05, 3.63) is 58.7 Å². The van der Waals surface area contributed by atoms with Crippen molar-refractivity contribution < 1.29 is 9.90 Å². The molecule has 3 aromatic heterocycles. The van der Waals surface area contributed by atoms with Gasteiger partial charge in [-0.25, -0.2) is 9.78 Å². The molecule has 0 unspecified atom stereocenters. The summed E-state index contributed by atoms with van der Waals surface area (Å²) in [6, 6.07) is 7.38. The molecule has 0 aromatic carbocycles. The van der Waals surface area contributed by atoms with Gasteiger partial charge in [0.15, 0.2) is 0 Å². The van der Waals surface area contributed by atoms with E-state index in [1.165, 1.54) is 0 Å². The highest BCUT2D eigenvalue weighted by atomic mass is 79.9. The highest BCUT2D eigenvalue weighted by molar-refractivity contribution is 9.10. The summed E-state index contributed by atoms with van der Waals surface area (Å²) in [5.41, 5.74) is 2.01. The zero-order valence-corrected chi connectivity index (χ0v) is 11.4. The van der Waals surface area contributed by atoms with E-state index < -0.39 is 5.97 Å². The molecule has 1 N–H and O–H groups in total. The van der Waals surface area contributed by atoms with E-state index in [0.717, 1.165) is 15.9 Å². The lowest BCUT2D eigenvalue weighted by Gasteiger charge is -2.00. The SMILES string of the molecule is O=C(O)c1cc(Br)n(Cc2cn3ccccc3n2)c1. The minimum Gasteiger partial charge on any atom is -0.478 e. The van der Waals surface area contributed by atoms with Crippen LogP contribution in [0.1, 0.15) is 16.1 Å². The van der Waals surface area contributed by atoms with E-state index >= 15 is 0 Å². The zero-order valence-electron chi connectivity index (χ0n) is 9.82. The van der Waals surface area contributed by atoms with Crippen molar-refractivity contribution in [3.8, 4) is 0 Å². The average molecular weight is 320 g/mol. The second kappa shape index (κ2) is 4.55. The molecule has 19 heavy (non-hydrogen) atoms. The van der Waals surface area contributed by atoms with Gasteiger partial charge in [-0.15, -0.1) is 0 Å². The topological polar surface area (TPSA) is 59.5 Å². The zero-order chi connectivity index (χ0) is 13.4. The van der Waals surface area contributed by atoms with Crippen LogP contribution in [0.3, 0.4) is 0 Å². The Labute approximate surface area is 117 Å². The molecule has 5 nitrogen and oxygen atoms in total. The monoisotopic (exact) mass is 319 g/mol. The van der Waals surface area contributed by atoms with Crippen LogP contribution in [0.25, 0.3) is 5.65 Å². The van der Waals surface area contributed by atoms with Crippen molar-refractivity contribution in [3.63, 3.8) is 0 Å². The van der Waals surface area contributed by atoms with Gasteiger partial charge in [-0.3, -0.25) is 0 Å². The van der Waals surface area contributed by atoms with E-state index in [9.17, 15) is 4.79 Å². The summed E-state index contributed by atoms with van der Waals surface area (Å²) in [5, 5.41) is 8.95. The van der Waals surface area contributed by atoms with Crippen LogP contribution < -0.4 is 0 Å². The van der Waals surface area contributed by atoms with Gasteiger partial charge in [-0.1, -0.05) is 6.07 Å². The Morgan fingerprint density at radius 3 is 2.89 bits per heavy atom. The summed E-state index contributed by atoms with van der Waals surface area (Å²) in [6.07, 6.45) is 5.46. The van der Waals surface area contributed by atoms with Gasteiger partial charge in [-0.2, -0.15) is 0 Å². The van der Waals surface area contributed by atoms with Gasteiger partial charge in [0.1, 0.15) is 5.65 Å². The Hall–Kier alpha value is -2.08. The predicted octanol–water partition coefficient (Wildman–Crippen LogP) is 2.64. The fourth-order valence-electron chi connectivity index (χ4n) is 1.95. The molecule has 3 rings (SSSR count). The molecule has 0 fully saturated rings. The summed E-state index contributed by atoms with van der Waals surface area (Å²) in [6.45, 7) is 0.523. The minimum atomic E-state index is -0.936. The number of rotatable bonds is 3. The summed E-state index contributed by atoms with van der Waals surface area (Å²) < 4.78 is 4.47. The van der Waals surface area contributed by atoms with E-state index in [0.29, 0.717) is 6.54 Å². The smallest absolute Gasteiger partial charge is 0.337 e. The number of carboxylic acid groups (broad SMARTS) is 1. The Bertz CT molecular complexity index is 727. The fourth-order valence-corrected chi connectivity index (χ4v) is 2.43. The second-order valence-corrected chi connectivity index (χ2v) is 5.00. The highest BCUT2D eigenvalue weighted by Gasteiger charge is 2.10. The molecule has 0 spiro atoms. The van der Waals surface area contributed by atoms with Crippen LogP contribution >= 0.6 is 15.9 Å². The standard InChI is InChI=1S/C13H10BrN3O2/c14-11-5-9(13(18)19)6-17(11)8-10-7-16-4-2-1-3-12(16)15-10/h1-7H,8H2,(H,18,19). The minimum absolute atomic E-state index is 0.260. The molecule has 0 aliphatic carbocycles. The highest BCUT2D eigenvalue weighted by Crippen LogP contribution is 2.17. The Morgan fingerprint density at radius 2 is 2.21 bits per heavy atom. The number of nitrogens with zero attached hydrogens (tertiary/aromatic N) is 3. The van der Waals surface area contributed by atoms with Crippen molar-refractivity contribution >= 4 is 27.5 Å². The van der Waals surface area contributed by atoms with Crippen LogP contribution in [-0.4, -0.2) is 25.0 Å². The van der Waals surface area contributed by atoms with Crippen molar-refractivity contribution in [1.82, 2.24) is 14.0 Å². The molecular weight excluding hydrogens is 310 g/mol. The first-order valence-corrected chi connectivity index (χ1v) is 6.44. The summed E-state index contributed by atoms with van der Waals surface area (Å²) >= 11 is 3.35. The molecule has 0 aliphatic rings. The molecule has 0 amide bonds. The van der Waals surface area contributed by atoms with Gasteiger partial charge in [-0.05, 0) is 34.1 Å². The average Bonchev–Trinajstić information content (AvgIpc) is 2.93. The lowest BCUT2D eigenvalue weighted by molar-refractivity contribution is 0.0697. The van der Waals surface area contributed by atoms with E-state index in [1.54, 1.807) is 12.3 Å². The van der Waals surface area contributed by atoms with Gasteiger partial charge >= 0.3 is 5.97 Å². The van der Waals surface area contributed by atoms with Gasteiger partial charge in [0, 0.05) is 18.6 Å². The van der Waals surface area contributed by atoms with E-state index in [-0.39, 0.29) is 5.56 Å². The first kappa shape index (κ1) is 12.0. The molecule has 3 aromatic rings. The molecule has 6 heteroatoms. The van der Waals surface area contributed by atoms with Crippen molar-refractivity contribution in [2.24, 2.45) is 0 Å². The first-order valence-electron chi connectivity index (χ1n) is 5.65. The van der Waals surface area contributed by atoms with Gasteiger partial charge in [0.2, 0.25) is 0 Å². The number of pyridine rings is 1. The number of hydrogen-bond acceptors (Lipinski definition) is 2. The number of aromatic nitrogens is 3. The maximum Gasteiger partial charge on any atom is 0.337 e. The third-order valence-electron chi connectivity index (χ3n) is 2.84. The number of halogens is 1. The number of carboxylic acids is 1. The Morgan fingerprint density at radius 1 is 1.37 bits per heavy atom. The van der Waals surface area contributed by atoms with Crippen LogP contribution in [0.15, 0.2) is 47.5 Å². The number of fused-ring (bicyclic) bond motifs is 1. The van der Waals surface area contributed by atoms with E-state index in [4.69, 9.17) is 5.11 Å². The van der Waals surface area contributed by atoms with E-state index in [1.807, 2.05) is 39.6 Å². The molecule has 0 bridgehead atoms. The van der Waals surface area contributed by atoms with Gasteiger partial charge in [0.25, 0.3) is 0 Å². The van der Waals surface area contributed by atoms with Crippen LogP contribution in [0, 0.1) is 0 Å². The fraction of sp³-hybridized carbons (Fsp3) is 0.0769. The van der Waals surface area contributed by atoms with Crippen molar-refractivity contribution in [2.45, 2.75) is 6.54 Å². The largest absolute Gasteiger partial charge is 0.478 e. The third kappa shape index (κ3) is 2.26. The van der Waals surface area contributed by atoms with Crippen LogP contribution in [0.5, 0.6) is 0 Å². The molecule has 96 valence electrons. The van der Waals surface area contributed by atoms with Gasteiger partial charge < -0.3 is 14.1 Å². The van der Waals surface area contributed by atoms with Crippen LogP contribution in [-0.2, 0) is 6.54 Å². The number of carbonyl (C=O) groups is 1. The third-order valence-corrected chi connectivity index (χ3v) is 3.52. The molecular formula is C13H10BrN3O2. The summed E-state index contributed by atoms with van der Waals surface area (Å²) in [5.74, 6) is -0.936. The summed E-state index contributed by atoms with van der Waals surface area (Å²) in [7, 11) is 0. The van der Waals surface area contributed by atoms with Crippen molar-refractivity contribution in [1.29, 1.82) is 0 Å². The Balaban J connectivity index is 1.94. The predicted molar refractivity (Wildman–Crippen MR) is 73.4 cm³/mol. The van der Waals surface area contributed by atoms with E-state index in [2.05, 4.69) is 20.9 Å². The van der Waals surface area contributed by atoms with Crippen LogP contribution in [0.2, 0.25) is 0 Å². The molecule has 0 radical (unpaired) electrons. The molecule has 0 saturated carbocycles. The molecule has 0 saturated heterocycles. The summed E-state index contributed by atoms with van der Waals surface area (Å²) in [4.78, 5) is 15.4. The van der Waals surface area contributed by atoms with Crippen LogP contribution in [0.4, 0.5) is 0 Å². The van der Waals surface area contributed by atoms with Crippen molar-refractivity contribution in [2.75, 3.05) is 0 Å². The normalized spacial score (nSPS) is 11.0. The molecule has 0 aliphatic heterocycles. The second-order valence-electron chi connectivity index (χ2n) is 4.18. The Kier molecular flexibility index (Phi) is 2.87.